The Balaban J connectivity index is 3.17. The lowest BCUT2D eigenvalue weighted by Crippen LogP contribution is -2.55. The monoisotopic (exact) mass is 296 g/mol. The minimum Gasteiger partial charge on any atom is -0.320 e. The zero-order valence-corrected chi connectivity index (χ0v) is 14.2. The Labute approximate surface area is 129 Å². The number of halogens is 1. The molecule has 2 nitrogen and oxygen atoms in total. The van der Waals surface area contributed by atoms with Gasteiger partial charge in [0.1, 0.15) is 0 Å². The van der Waals surface area contributed by atoms with Crippen LogP contribution in [0.3, 0.4) is 0 Å². The summed E-state index contributed by atoms with van der Waals surface area (Å²) in [5.74, 6) is 0.550. The molecule has 0 aliphatic heterocycles. The first-order chi connectivity index (χ1) is 9.35. The summed E-state index contributed by atoms with van der Waals surface area (Å²) < 4.78 is 0. The molecule has 1 aromatic carbocycles. The lowest BCUT2D eigenvalue weighted by molar-refractivity contribution is 0.126. The largest absolute Gasteiger partial charge is 0.320 e. The first-order valence-corrected chi connectivity index (χ1v) is 8.01. The third-order valence-electron chi connectivity index (χ3n) is 4.23. The molecule has 0 spiro atoms. The van der Waals surface area contributed by atoms with Crippen molar-refractivity contribution in [1.29, 1.82) is 0 Å². The summed E-state index contributed by atoms with van der Waals surface area (Å²) in [5, 5.41) is 0.760. The second kappa shape index (κ2) is 7.44. The van der Waals surface area contributed by atoms with E-state index in [2.05, 4.69) is 51.7 Å². The molecule has 2 atom stereocenters. The van der Waals surface area contributed by atoms with Crippen molar-refractivity contribution in [3.63, 3.8) is 0 Å². The standard InChI is InChI=1S/C17H29ClN2/c1-6-20(7-2)14(5)17(19,12-13(3)4)15-8-10-16(18)11-9-15/h8-11,13-14H,6-7,12,19H2,1-5H3. The fraction of sp³-hybridized carbons (Fsp3) is 0.647. The second-order valence-corrected chi connectivity index (χ2v) is 6.48. The lowest BCUT2D eigenvalue weighted by atomic mass is 9.77. The molecule has 1 rings (SSSR count). The highest BCUT2D eigenvalue weighted by atomic mass is 35.5. The van der Waals surface area contributed by atoms with E-state index in [1.54, 1.807) is 0 Å². The summed E-state index contributed by atoms with van der Waals surface area (Å²) in [5.41, 5.74) is 7.71. The summed E-state index contributed by atoms with van der Waals surface area (Å²) >= 11 is 6.01. The maximum Gasteiger partial charge on any atom is 0.0567 e. The topological polar surface area (TPSA) is 29.3 Å². The molecule has 0 saturated heterocycles. The van der Waals surface area contributed by atoms with Crippen LogP contribution in [0, 0.1) is 5.92 Å². The first-order valence-electron chi connectivity index (χ1n) is 7.64. The molecule has 1 aromatic rings. The number of likely N-dealkylation sites (N-methyl/N-ethyl adjacent to an activating group) is 1. The third kappa shape index (κ3) is 3.97. The van der Waals surface area contributed by atoms with E-state index in [4.69, 9.17) is 17.3 Å². The first kappa shape index (κ1) is 17.5. The number of nitrogens with zero attached hydrogens (tertiary/aromatic N) is 1. The Bertz CT molecular complexity index is 398. The van der Waals surface area contributed by atoms with E-state index in [0.717, 1.165) is 24.5 Å². The van der Waals surface area contributed by atoms with Crippen molar-refractivity contribution in [1.82, 2.24) is 4.90 Å². The van der Waals surface area contributed by atoms with Crippen LogP contribution in [0.15, 0.2) is 24.3 Å². The molecule has 3 heteroatoms. The summed E-state index contributed by atoms with van der Waals surface area (Å²) in [7, 11) is 0. The zero-order valence-electron chi connectivity index (χ0n) is 13.5. The van der Waals surface area contributed by atoms with Crippen LogP contribution in [0.4, 0.5) is 0 Å². The molecule has 0 fully saturated rings. The number of nitrogens with two attached hydrogens (primary N) is 1. The van der Waals surface area contributed by atoms with Crippen LogP contribution in [-0.2, 0) is 5.54 Å². The fourth-order valence-electron chi connectivity index (χ4n) is 3.06. The second-order valence-electron chi connectivity index (χ2n) is 6.04. The van der Waals surface area contributed by atoms with E-state index in [1.807, 2.05) is 12.1 Å². The van der Waals surface area contributed by atoms with Crippen molar-refractivity contribution in [2.45, 2.75) is 52.6 Å². The van der Waals surface area contributed by atoms with E-state index >= 15 is 0 Å². The van der Waals surface area contributed by atoms with Crippen LogP contribution in [0.1, 0.15) is 46.6 Å². The van der Waals surface area contributed by atoms with Gasteiger partial charge in [0.05, 0.1) is 5.54 Å². The van der Waals surface area contributed by atoms with Crippen LogP contribution in [-0.4, -0.2) is 24.0 Å². The van der Waals surface area contributed by atoms with Gasteiger partial charge in [0.25, 0.3) is 0 Å². The maximum absolute atomic E-state index is 6.88. The van der Waals surface area contributed by atoms with E-state index in [0.29, 0.717) is 12.0 Å². The molecule has 0 amide bonds. The molecule has 20 heavy (non-hydrogen) atoms. The Morgan fingerprint density at radius 1 is 1.10 bits per heavy atom. The molecule has 2 N–H and O–H groups in total. The normalized spacial score (nSPS) is 16.4. The molecule has 2 unspecified atom stereocenters. The van der Waals surface area contributed by atoms with Crippen molar-refractivity contribution in [3.05, 3.63) is 34.9 Å². The van der Waals surface area contributed by atoms with E-state index in [1.165, 1.54) is 5.56 Å². The van der Waals surface area contributed by atoms with Gasteiger partial charge in [-0.1, -0.05) is 51.4 Å². The van der Waals surface area contributed by atoms with E-state index in [-0.39, 0.29) is 5.54 Å². The van der Waals surface area contributed by atoms with Gasteiger partial charge in [0.15, 0.2) is 0 Å². The Morgan fingerprint density at radius 3 is 2.00 bits per heavy atom. The Kier molecular flexibility index (Phi) is 6.50. The molecule has 114 valence electrons. The van der Waals surface area contributed by atoms with Crippen molar-refractivity contribution in [2.75, 3.05) is 13.1 Å². The third-order valence-corrected chi connectivity index (χ3v) is 4.49. The summed E-state index contributed by atoms with van der Waals surface area (Å²) in [4.78, 5) is 2.43. The van der Waals surface area contributed by atoms with Gasteiger partial charge in [0, 0.05) is 11.1 Å². The van der Waals surface area contributed by atoms with E-state index in [9.17, 15) is 0 Å². The minimum atomic E-state index is -0.342. The number of benzene rings is 1. The summed E-state index contributed by atoms with van der Waals surface area (Å²) in [6.07, 6.45) is 0.965. The number of hydrogen-bond donors (Lipinski definition) is 1. The van der Waals surface area contributed by atoms with Crippen molar-refractivity contribution >= 4 is 11.6 Å². The van der Waals surface area contributed by atoms with Crippen molar-refractivity contribution in [2.24, 2.45) is 11.7 Å². The van der Waals surface area contributed by atoms with Crippen LogP contribution < -0.4 is 5.73 Å². The van der Waals surface area contributed by atoms with Crippen LogP contribution in [0.2, 0.25) is 5.02 Å². The van der Waals surface area contributed by atoms with Gasteiger partial charge in [-0.25, -0.2) is 0 Å². The molecule has 0 bridgehead atoms. The van der Waals surface area contributed by atoms with Gasteiger partial charge in [-0.3, -0.25) is 4.90 Å². The molecule has 0 saturated carbocycles. The zero-order chi connectivity index (χ0) is 15.3. The molecule has 0 aliphatic rings. The highest BCUT2D eigenvalue weighted by Gasteiger charge is 2.36. The molecule has 0 heterocycles. The molecule has 0 radical (unpaired) electrons. The van der Waals surface area contributed by atoms with Gasteiger partial charge in [-0.05, 0) is 50.0 Å². The Morgan fingerprint density at radius 2 is 1.60 bits per heavy atom. The van der Waals surface area contributed by atoms with Gasteiger partial charge in [-0.2, -0.15) is 0 Å². The minimum absolute atomic E-state index is 0.293. The highest BCUT2D eigenvalue weighted by Crippen LogP contribution is 2.33. The predicted molar refractivity (Wildman–Crippen MR) is 89.2 cm³/mol. The SMILES string of the molecule is CCN(CC)C(C)C(N)(CC(C)C)c1ccc(Cl)cc1. The highest BCUT2D eigenvalue weighted by molar-refractivity contribution is 6.30. The van der Waals surface area contributed by atoms with Gasteiger partial charge in [0.2, 0.25) is 0 Å². The molecule has 0 aliphatic carbocycles. The quantitative estimate of drug-likeness (QED) is 0.814. The molecular weight excluding hydrogens is 268 g/mol. The number of rotatable bonds is 7. The summed E-state index contributed by atoms with van der Waals surface area (Å²) in [6.45, 7) is 13.1. The maximum atomic E-state index is 6.88. The van der Waals surface area contributed by atoms with Crippen LogP contribution in [0.5, 0.6) is 0 Å². The average molecular weight is 297 g/mol. The summed E-state index contributed by atoms with van der Waals surface area (Å²) in [6, 6.07) is 8.32. The van der Waals surface area contributed by atoms with Crippen molar-refractivity contribution < 1.29 is 0 Å². The van der Waals surface area contributed by atoms with Gasteiger partial charge in [-0.15, -0.1) is 0 Å². The van der Waals surface area contributed by atoms with Crippen LogP contribution in [0.25, 0.3) is 0 Å². The van der Waals surface area contributed by atoms with Gasteiger partial charge >= 0.3 is 0 Å². The molecular formula is C17H29ClN2. The lowest BCUT2D eigenvalue weighted by Gasteiger charge is -2.43. The Hall–Kier alpha value is -0.570. The molecule has 0 aromatic heterocycles. The van der Waals surface area contributed by atoms with Crippen molar-refractivity contribution in [3.8, 4) is 0 Å². The van der Waals surface area contributed by atoms with Crippen LogP contribution >= 0.6 is 11.6 Å². The smallest absolute Gasteiger partial charge is 0.0567 e. The van der Waals surface area contributed by atoms with E-state index < -0.39 is 0 Å². The fourth-order valence-corrected chi connectivity index (χ4v) is 3.19. The average Bonchev–Trinajstić information content (AvgIpc) is 2.39. The number of hydrogen-bond acceptors (Lipinski definition) is 2. The predicted octanol–water partition coefficient (Wildman–Crippen LogP) is 4.27. The van der Waals surface area contributed by atoms with Gasteiger partial charge < -0.3 is 5.73 Å².